The monoisotopic (exact) mass is 289 g/mol. The van der Waals surface area contributed by atoms with E-state index < -0.39 is 0 Å². The first-order chi connectivity index (χ1) is 9.89. The van der Waals surface area contributed by atoms with Crippen LogP contribution in [0.5, 0.6) is 5.75 Å². The number of rotatable bonds is 4. The summed E-state index contributed by atoms with van der Waals surface area (Å²) < 4.78 is 5.78. The highest BCUT2D eigenvalue weighted by atomic mass is 16.5. The number of nitrogens with one attached hydrogen (secondary N) is 1. The lowest BCUT2D eigenvalue weighted by Gasteiger charge is -2.41. The summed E-state index contributed by atoms with van der Waals surface area (Å²) >= 11 is 0. The van der Waals surface area contributed by atoms with Gasteiger partial charge in [-0.3, -0.25) is 0 Å². The van der Waals surface area contributed by atoms with Crippen molar-refractivity contribution in [2.24, 2.45) is 11.3 Å². The molecule has 1 aromatic carbocycles. The molecule has 1 aromatic rings. The van der Waals surface area contributed by atoms with E-state index in [9.17, 15) is 0 Å². The first kappa shape index (κ1) is 16.4. The lowest BCUT2D eigenvalue weighted by atomic mass is 9.64. The number of methoxy groups -OCH3 is 1. The van der Waals surface area contributed by atoms with Crippen molar-refractivity contribution in [2.75, 3.05) is 20.7 Å². The number of hydrogen-bond donors (Lipinski definition) is 1. The molecule has 0 aromatic heterocycles. The van der Waals surface area contributed by atoms with Crippen molar-refractivity contribution in [3.8, 4) is 5.75 Å². The maximum atomic E-state index is 5.78. The Labute approximate surface area is 130 Å². The Hall–Kier alpha value is -1.02. The van der Waals surface area contributed by atoms with Crippen LogP contribution in [0.15, 0.2) is 12.1 Å². The molecule has 1 N–H and O–H groups in total. The van der Waals surface area contributed by atoms with Crippen LogP contribution < -0.4 is 10.1 Å². The van der Waals surface area contributed by atoms with Gasteiger partial charge in [0.15, 0.2) is 0 Å². The predicted molar refractivity (Wildman–Crippen MR) is 90.3 cm³/mol. The van der Waals surface area contributed by atoms with Crippen LogP contribution in [0.25, 0.3) is 0 Å². The van der Waals surface area contributed by atoms with Gasteiger partial charge in [-0.1, -0.05) is 26.0 Å². The van der Waals surface area contributed by atoms with E-state index in [0.717, 1.165) is 12.3 Å². The average Bonchev–Trinajstić information content (AvgIpc) is 2.43. The van der Waals surface area contributed by atoms with Crippen molar-refractivity contribution >= 4 is 0 Å². The molecule has 1 aliphatic carbocycles. The second kappa shape index (κ2) is 6.39. The van der Waals surface area contributed by atoms with Crippen LogP contribution in [-0.2, 0) is 0 Å². The molecule has 0 saturated heterocycles. The molecule has 2 nitrogen and oxygen atoms in total. The normalized spacial score (nSPS) is 24.9. The minimum atomic E-state index is 0.429. The molecular formula is C19H31NO. The second-order valence-electron chi connectivity index (χ2n) is 7.46. The van der Waals surface area contributed by atoms with Gasteiger partial charge in [-0.05, 0) is 80.6 Å². The van der Waals surface area contributed by atoms with E-state index in [0.29, 0.717) is 17.3 Å². The van der Waals surface area contributed by atoms with E-state index in [2.05, 4.69) is 52.2 Å². The van der Waals surface area contributed by atoms with Crippen molar-refractivity contribution in [1.82, 2.24) is 5.32 Å². The third kappa shape index (κ3) is 3.42. The Morgan fingerprint density at radius 2 is 2.00 bits per heavy atom. The minimum Gasteiger partial charge on any atom is -0.496 e. The highest BCUT2D eigenvalue weighted by Crippen LogP contribution is 2.49. The van der Waals surface area contributed by atoms with Crippen molar-refractivity contribution in [2.45, 2.75) is 52.9 Å². The van der Waals surface area contributed by atoms with Crippen molar-refractivity contribution < 1.29 is 4.74 Å². The van der Waals surface area contributed by atoms with E-state index in [1.165, 1.54) is 36.0 Å². The van der Waals surface area contributed by atoms with Gasteiger partial charge in [0.2, 0.25) is 0 Å². The molecule has 2 heteroatoms. The summed E-state index contributed by atoms with van der Waals surface area (Å²) in [4.78, 5) is 0. The van der Waals surface area contributed by atoms with Crippen LogP contribution in [0, 0.1) is 25.2 Å². The molecule has 0 aliphatic heterocycles. The Bertz CT molecular complexity index is 493. The number of aryl methyl sites for hydroxylation is 1. The molecule has 2 unspecified atom stereocenters. The Morgan fingerprint density at radius 1 is 1.29 bits per heavy atom. The Morgan fingerprint density at radius 3 is 2.62 bits per heavy atom. The molecule has 0 bridgehead atoms. The highest BCUT2D eigenvalue weighted by molar-refractivity contribution is 5.47. The molecule has 2 rings (SSSR count). The van der Waals surface area contributed by atoms with E-state index in [1.807, 2.05) is 7.11 Å². The molecule has 1 fully saturated rings. The van der Waals surface area contributed by atoms with E-state index in [4.69, 9.17) is 4.74 Å². The van der Waals surface area contributed by atoms with Gasteiger partial charge in [-0.25, -0.2) is 0 Å². The SMILES string of the molecule is CNCC1CCC(C)(C)CC1c1ccc(C)c(C)c1OC. The van der Waals surface area contributed by atoms with Gasteiger partial charge in [0, 0.05) is 0 Å². The fourth-order valence-corrected chi connectivity index (χ4v) is 3.89. The van der Waals surface area contributed by atoms with Crippen molar-refractivity contribution in [1.29, 1.82) is 0 Å². The highest BCUT2D eigenvalue weighted by Gasteiger charge is 2.36. The zero-order chi connectivity index (χ0) is 15.6. The third-order valence-electron chi connectivity index (χ3n) is 5.31. The van der Waals surface area contributed by atoms with Gasteiger partial charge in [0.25, 0.3) is 0 Å². The van der Waals surface area contributed by atoms with Crippen LogP contribution >= 0.6 is 0 Å². The first-order valence-electron chi connectivity index (χ1n) is 8.18. The Kier molecular flexibility index (Phi) is 4.98. The fraction of sp³-hybridized carbons (Fsp3) is 0.684. The molecule has 2 atom stereocenters. The van der Waals surface area contributed by atoms with Gasteiger partial charge in [0.1, 0.15) is 5.75 Å². The summed E-state index contributed by atoms with van der Waals surface area (Å²) in [5.74, 6) is 2.41. The summed E-state index contributed by atoms with van der Waals surface area (Å²) in [6.45, 7) is 10.2. The van der Waals surface area contributed by atoms with Gasteiger partial charge in [-0.15, -0.1) is 0 Å². The van der Waals surface area contributed by atoms with E-state index >= 15 is 0 Å². The summed E-state index contributed by atoms with van der Waals surface area (Å²) in [6, 6.07) is 4.56. The predicted octanol–water partition coefficient (Wildman–Crippen LogP) is 4.44. The first-order valence-corrected chi connectivity index (χ1v) is 8.18. The van der Waals surface area contributed by atoms with E-state index in [1.54, 1.807) is 0 Å². The standard InChI is InChI=1S/C19H31NO/c1-13-7-8-16(18(21-6)14(13)2)17-11-19(3,4)10-9-15(17)12-20-5/h7-8,15,17,20H,9-12H2,1-6H3. The molecule has 0 spiro atoms. The average molecular weight is 289 g/mol. The maximum absolute atomic E-state index is 5.78. The van der Waals surface area contributed by atoms with Gasteiger partial charge >= 0.3 is 0 Å². The molecule has 118 valence electrons. The molecular weight excluding hydrogens is 258 g/mol. The van der Waals surface area contributed by atoms with Crippen LogP contribution in [0.4, 0.5) is 0 Å². The minimum absolute atomic E-state index is 0.429. The van der Waals surface area contributed by atoms with Crippen LogP contribution in [0.3, 0.4) is 0 Å². The van der Waals surface area contributed by atoms with Gasteiger partial charge < -0.3 is 10.1 Å². The number of hydrogen-bond acceptors (Lipinski definition) is 2. The van der Waals surface area contributed by atoms with E-state index in [-0.39, 0.29) is 0 Å². The molecule has 1 aliphatic rings. The summed E-state index contributed by atoms with van der Waals surface area (Å²) in [5, 5.41) is 3.39. The Balaban J connectivity index is 2.42. The number of benzene rings is 1. The molecule has 1 saturated carbocycles. The second-order valence-corrected chi connectivity index (χ2v) is 7.46. The quantitative estimate of drug-likeness (QED) is 0.884. The van der Waals surface area contributed by atoms with Gasteiger partial charge in [-0.2, -0.15) is 0 Å². The van der Waals surface area contributed by atoms with Crippen LogP contribution in [0.2, 0.25) is 0 Å². The smallest absolute Gasteiger partial charge is 0.125 e. The summed E-state index contributed by atoms with van der Waals surface area (Å²) in [6.07, 6.45) is 3.87. The van der Waals surface area contributed by atoms with Crippen LogP contribution in [-0.4, -0.2) is 20.7 Å². The lowest BCUT2D eigenvalue weighted by molar-refractivity contribution is 0.159. The zero-order valence-corrected chi connectivity index (χ0v) is 14.5. The number of ether oxygens (including phenoxy) is 1. The molecule has 21 heavy (non-hydrogen) atoms. The van der Waals surface area contributed by atoms with Crippen molar-refractivity contribution in [3.63, 3.8) is 0 Å². The topological polar surface area (TPSA) is 21.3 Å². The molecule has 0 heterocycles. The summed E-state index contributed by atoms with van der Waals surface area (Å²) in [5.41, 5.74) is 4.45. The summed E-state index contributed by atoms with van der Waals surface area (Å²) in [7, 11) is 3.88. The largest absolute Gasteiger partial charge is 0.496 e. The lowest BCUT2D eigenvalue weighted by Crippen LogP contribution is -2.34. The van der Waals surface area contributed by atoms with Crippen LogP contribution in [0.1, 0.15) is 55.7 Å². The third-order valence-corrected chi connectivity index (χ3v) is 5.31. The molecule has 0 radical (unpaired) electrons. The van der Waals surface area contributed by atoms with Gasteiger partial charge in [0.05, 0.1) is 7.11 Å². The fourth-order valence-electron chi connectivity index (χ4n) is 3.89. The maximum Gasteiger partial charge on any atom is 0.125 e. The molecule has 0 amide bonds. The zero-order valence-electron chi connectivity index (χ0n) is 14.5. The van der Waals surface area contributed by atoms with Crippen molar-refractivity contribution in [3.05, 3.63) is 28.8 Å².